The Morgan fingerprint density at radius 2 is 1.76 bits per heavy atom. The molecule has 0 aliphatic carbocycles. The summed E-state index contributed by atoms with van der Waals surface area (Å²) in [6.45, 7) is 0.337. The van der Waals surface area contributed by atoms with Crippen molar-refractivity contribution in [2.45, 2.75) is 6.54 Å². The Hall–Kier alpha value is -3.34. The number of benzene rings is 1. The van der Waals surface area contributed by atoms with E-state index >= 15 is 0 Å². The Morgan fingerprint density at radius 3 is 2.52 bits per heavy atom. The van der Waals surface area contributed by atoms with Gasteiger partial charge in [0.15, 0.2) is 0 Å². The number of nitrogens with zero attached hydrogens (tertiary/aromatic N) is 4. The molecule has 0 bridgehead atoms. The van der Waals surface area contributed by atoms with E-state index in [1.54, 1.807) is 35.4 Å². The molecule has 0 fully saturated rings. The highest BCUT2D eigenvalue weighted by molar-refractivity contribution is 5.66. The summed E-state index contributed by atoms with van der Waals surface area (Å²) >= 11 is 0. The van der Waals surface area contributed by atoms with Gasteiger partial charge in [0.25, 0.3) is 0 Å². The number of rotatable bonds is 4. The smallest absolute Gasteiger partial charge is 0.128 e. The lowest BCUT2D eigenvalue weighted by Gasteiger charge is -2.08. The van der Waals surface area contributed by atoms with Crippen molar-refractivity contribution in [2.75, 3.05) is 0 Å². The minimum absolute atomic E-state index is 0.241. The molecule has 122 valence electrons. The van der Waals surface area contributed by atoms with Gasteiger partial charge in [-0.05, 0) is 36.4 Å². The molecule has 4 aromatic rings. The van der Waals surface area contributed by atoms with E-state index in [0.29, 0.717) is 12.1 Å². The van der Waals surface area contributed by atoms with Gasteiger partial charge in [0.1, 0.15) is 11.5 Å². The predicted octanol–water partition coefficient (Wildman–Crippen LogP) is 4.19. The second kappa shape index (κ2) is 6.65. The van der Waals surface area contributed by atoms with Gasteiger partial charge in [-0.15, -0.1) is 0 Å². The Bertz CT molecular complexity index is 981. The molecule has 5 heteroatoms. The second-order valence-corrected chi connectivity index (χ2v) is 5.62. The van der Waals surface area contributed by atoms with Crippen LogP contribution in [-0.4, -0.2) is 19.7 Å². The molecule has 4 rings (SSSR count). The Kier molecular flexibility index (Phi) is 4.04. The summed E-state index contributed by atoms with van der Waals surface area (Å²) in [6.07, 6.45) is 5.23. The number of pyridine rings is 2. The van der Waals surface area contributed by atoms with E-state index < -0.39 is 0 Å². The summed E-state index contributed by atoms with van der Waals surface area (Å²) < 4.78 is 15.9. The van der Waals surface area contributed by atoms with Gasteiger partial charge in [0.05, 0.1) is 17.9 Å². The van der Waals surface area contributed by atoms with Crippen LogP contribution in [0.15, 0.2) is 79.3 Å². The van der Waals surface area contributed by atoms with Crippen LogP contribution in [0.3, 0.4) is 0 Å². The van der Waals surface area contributed by atoms with Crippen LogP contribution >= 0.6 is 0 Å². The maximum atomic E-state index is 14.1. The van der Waals surface area contributed by atoms with Crippen LogP contribution in [0.5, 0.6) is 0 Å². The molecule has 0 spiro atoms. The normalized spacial score (nSPS) is 10.8. The van der Waals surface area contributed by atoms with Crippen LogP contribution in [0, 0.1) is 5.82 Å². The number of hydrogen-bond donors (Lipinski definition) is 0. The summed E-state index contributed by atoms with van der Waals surface area (Å²) in [5.74, 6) is -0.241. The monoisotopic (exact) mass is 330 g/mol. The van der Waals surface area contributed by atoms with E-state index in [-0.39, 0.29) is 5.82 Å². The first-order valence-corrected chi connectivity index (χ1v) is 7.94. The summed E-state index contributed by atoms with van der Waals surface area (Å²) in [6, 6.07) is 18.2. The van der Waals surface area contributed by atoms with Crippen molar-refractivity contribution in [3.63, 3.8) is 0 Å². The van der Waals surface area contributed by atoms with Crippen LogP contribution in [0.25, 0.3) is 22.6 Å². The average molecular weight is 330 g/mol. The minimum Gasteiger partial charge on any atom is -0.264 e. The van der Waals surface area contributed by atoms with Crippen molar-refractivity contribution in [1.82, 2.24) is 19.7 Å². The molecular weight excluding hydrogens is 315 g/mol. The fourth-order valence-corrected chi connectivity index (χ4v) is 2.71. The molecule has 1 aromatic carbocycles. The van der Waals surface area contributed by atoms with Crippen molar-refractivity contribution in [1.29, 1.82) is 0 Å². The third-order valence-corrected chi connectivity index (χ3v) is 3.94. The molecule has 0 radical (unpaired) electrons. The molecule has 0 saturated heterocycles. The van der Waals surface area contributed by atoms with Crippen LogP contribution in [-0.2, 0) is 6.54 Å². The van der Waals surface area contributed by atoms with E-state index in [9.17, 15) is 4.39 Å². The van der Waals surface area contributed by atoms with E-state index in [1.807, 2.05) is 42.5 Å². The quantitative estimate of drug-likeness (QED) is 0.563. The number of halogens is 1. The SMILES string of the molecule is Fc1ccccc1Cn1nc(-c2ccccn2)cc1-c1cccnc1. The molecule has 0 amide bonds. The van der Waals surface area contributed by atoms with Gasteiger partial charge in [-0.2, -0.15) is 5.10 Å². The lowest BCUT2D eigenvalue weighted by molar-refractivity contribution is 0.587. The maximum Gasteiger partial charge on any atom is 0.128 e. The highest BCUT2D eigenvalue weighted by Crippen LogP contribution is 2.25. The van der Waals surface area contributed by atoms with Gasteiger partial charge in [-0.3, -0.25) is 14.6 Å². The van der Waals surface area contributed by atoms with Gasteiger partial charge in [-0.25, -0.2) is 4.39 Å². The summed E-state index contributed by atoms with van der Waals surface area (Å²) in [5.41, 5.74) is 3.91. The Balaban J connectivity index is 1.81. The van der Waals surface area contributed by atoms with Crippen LogP contribution in [0.4, 0.5) is 4.39 Å². The molecule has 3 heterocycles. The van der Waals surface area contributed by atoms with Crippen molar-refractivity contribution >= 4 is 0 Å². The fraction of sp³-hybridized carbons (Fsp3) is 0.0500. The maximum absolute atomic E-state index is 14.1. The topological polar surface area (TPSA) is 43.6 Å². The van der Waals surface area contributed by atoms with Gasteiger partial charge in [0.2, 0.25) is 0 Å². The van der Waals surface area contributed by atoms with Crippen molar-refractivity contribution in [2.24, 2.45) is 0 Å². The standard InChI is InChI=1S/C20H15FN4/c21-17-8-2-1-6-16(17)14-25-20(15-7-5-10-22-13-15)12-19(24-25)18-9-3-4-11-23-18/h1-13H,14H2. The highest BCUT2D eigenvalue weighted by Gasteiger charge is 2.14. The molecular formula is C20H15FN4. The molecule has 3 aromatic heterocycles. The first-order chi connectivity index (χ1) is 12.3. The zero-order valence-electron chi connectivity index (χ0n) is 13.4. The van der Waals surface area contributed by atoms with Gasteiger partial charge in [0, 0.05) is 29.7 Å². The predicted molar refractivity (Wildman–Crippen MR) is 94.2 cm³/mol. The Labute approximate surface area is 144 Å². The average Bonchev–Trinajstić information content (AvgIpc) is 3.09. The van der Waals surface area contributed by atoms with Crippen molar-refractivity contribution in [3.8, 4) is 22.6 Å². The summed E-state index contributed by atoms with van der Waals surface area (Å²) in [7, 11) is 0. The van der Waals surface area contributed by atoms with E-state index in [1.165, 1.54) is 6.07 Å². The lowest BCUT2D eigenvalue weighted by atomic mass is 10.1. The zero-order valence-corrected chi connectivity index (χ0v) is 13.4. The molecule has 4 nitrogen and oxygen atoms in total. The van der Waals surface area contributed by atoms with Crippen LogP contribution in [0.1, 0.15) is 5.56 Å². The molecule has 0 aliphatic heterocycles. The molecule has 0 saturated carbocycles. The molecule has 0 aliphatic rings. The molecule has 0 atom stereocenters. The van der Waals surface area contributed by atoms with Crippen LogP contribution in [0.2, 0.25) is 0 Å². The number of hydrogen-bond acceptors (Lipinski definition) is 3. The zero-order chi connectivity index (χ0) is 17.1. The minimum atomic E-state index is -0.241. The highest BCUT2D eigenvalue weighted by atomic mass is 19.1. The largest absolute Gasteiger partial charge is 0.264 e. The van der Waals surface area contributed by atoms with Gasteiger partial charge in [-0.1, -0.05) is 24.3 Å². The molecule has 0 unspecified atom stereocenters. The van der Waals surface area contributed by atoms with Crippen LogP contribution < -0.4 is 0 Å². The fourth-order valence-electron chi connectivity index (χ4n) is 2.71. The number of aromatic nitrogens is 4. The van der Waals surface area contributed by atoms with E-state index in [0.717, 1.165) is 22.6 Å². The summed E-state index contributed by atoms with van der Waals surface area (Å²) in [4.78, 5) is 8.53. The first-order valence-electron chi connectivity index (χ1n) is 7.94. The van der Waals surface area contributed by atoms with Crippen molar-refractivity contribution in [3.05, 3.63) is 90.6 Å². The first kappa shape index (κ1) is 15.2. The Morgan fingerprint density at radius 1 is 0.880 bits per heavy atom. The lowest BCUT2D eigenvalue weighted by Crippen LogP contribution is -2.05. The van der Waals surface area contributed by atoms with E-state index in [4.69, 9.17) is 0 Å². The van der Waals surface area contributed by atoms with Gasteiger partial charge >= 0.3 is 0 Å². The third kappa shape index (κ3) is 3.17. The van der Waals surface area contributed by atoms with Gasteiger partial charge < -0.3 is 0 Å². The van der Waals surface area contributed by atoms with E-state index in [2.05, 4.69) is 15.1 Å². The third-order valence-electron chi connectivity index (χ3n) is 3.94. The second-order valence-electron chi connectivity index (χ2n) is 5.62. The molecule has 25 heavy (non-hydrogen) atoms. The van der Waals surface area contributed by atoms with Crippen molar-refractivity contribution < 1.29 is 4.39 Å². The molecule has 0 N–H and O–H groups in total. The summed E-state index contributed by atoms with van der Waals surface area (Å²) in [5, 5.41) is 4.65.